The Hall–Kier alpha value is -3.82. The highest BCUT2D eigenvalue weighted by Crippen LogP contribution is 2.40. The topological polar surface area (TPSA) is 92.8 Å². The van der Waals surface area contributed by atoms with Crippen LogP contribution in [0.15, 0.2) is 60.8 Å². The molecule has 1 atom stereocenters. The van der Waals surface area contributed by atoms with Crippen molar-refractivity contribution in [3.05, 3.63) is 88.1 Å². The molecule has 0 amide bonds. The van der Waals surface area contributed by atoms with Gasteiger partial charge in [0.25, 0.3) is 0 Å². The van der Waals surface area contributed by atoms with Crippen LogP contribution >= 0.6 is 11.3 Å². The lowest BCUT2D eigenvalue weighted by atomic mass is 9.80. The highest BCUT2D eigenvalue weighted by atomic mass is 32.1. The number of aromatic nitrogens is 4. The Kier molecular flexibility index (Phi) is 8.20. The molecule has 8 nitrogen and oxygen atoms in total. The second-order valence-electron chi connectivity index (χ2n) is 13.2. The lowest BCUT2D eigenvalue weighted by Crippen LogP contribution is -2.40. The predicted molar refractivity (Wildman–Crippen MR) is 175 cm³/mol. The molecule has 1 aromatic carbocycles. The van der Waals surface area contributed by atoms with Gasteiger partial charge in [-0.05, 0) is 69.9 Å². The first-order valence-corrected chi connectivity index (χ1v) is 16.2. The van der Waals surface area contributed by atoms with Crippen molar-refractivity contribution in [3.63, 3.8) is 0 Å². The summed E-state index contributed by atoms with van der Waals surface area (Å²) in [6, 6.07) is 10.6. The molecule has 44 heavy (non-hydrogen) atoms. The van der Waals surface area contributed by atoms with Crippen molar-refractivity contribution in [3.8, 4) is 10.7 Å². The summed E-state index contributed by atoms with van der Waals surface area (Å²) in [7, 11) is 0. The quantitative estimate of drug-likeness (QED) is 0.259. The number of carbonyl (C=O) groups is 1. The molecule has 1 N–H and O–H groups in total. The maximum Gasteiger partial charge on any atom is 0.337 e. The first kappa shape index (κ1) is 30.2. The maximum atomic E-state index is 12.7. The highest BCUT2D eigenvalue weighted by Gasteiger charge is 2.37. The van der Waals surface area contributed by atoms with Crippen LogP contribution in [0.4, 0.5) is 5.82 Å². The first-order valence-electron chi connectivity index (χ1n) is 15.4. The first-order chi connectivity index (χ1) is 21.0. The average Bonchev–Trinajstić information content (AvgIpc) is 3.60. The van der Waals surface area contributed by atoms with Crippen molar-refractivity contribution in [2.24, 2.45) is 5.41 Å². The number of carboxylic acid groups (broad SMARTS) is 1. The molecule has 3 aromatic heterocycles. The third kappa shape index (κ3) is 6.35. The SMILES string of the molecule is Cc1nc2cc3nn2c(c1[C@H](OC(C)(C)C)C(=O)O)N1CCC(C)(/C=C\C=C\CCc2ccccc2Cc2cnc-3s2)CC1. The van der Waals surface area contributed by atoms with Gasteiger partial charge in [0.15, 0.2) is 11.8 Å². The van der Waals surface area contributed by atoms with Gasteiger partial charge in [0.1, 0.15) is 16.5 Å². The molecule has 6 bridgehead atoms. The summed E-state index contributed by atoms with van der Waals surface area (Å²) in [6.45, 7) is 11.3. The standard InChI is InChI=1S/C35H41N5O3S/c1-23-29(30(33(41)42)43-34(2,3)4)32-39-18-16-35(5,17-19-39)15-11-7-6-8-12-24-13-9-10-14-25(24)20-26-22-36-31(44-26)27-21-28(37-23)40(32)38-27/h6-7,9-11,13-15,21-22,30H,8,12,16-20H2,1-5H3,(H,41,42)/b7-6+,15-11-/t30-/m0/s1. The van der Waals surface area contributed by atoms with Gasteiger partial charge in [-0.1, -0.05) is 55.5 Å². The minimum Gasteiger partial charge on any atom is -0.479 e. The van der Waals surface area contributed by atoms with E-state index < -0.39 is 17.7 Å². The predicted octanol–water partition coefficient (Wildman–Crippen LogP) is 7.36. The number of carboxylic acids is 1. The number of aryl methyl sites for hydroxylation is 2. The monoisotopic (exact) mass is 611 g/mol. The van der Waals surface area contributed by atoms with Crippen LogP contribution in [-0.4, -0.2) is 49.3 Å². The van der Waals surface area contributed by atoms with E-state index in [4.69, 9.17) is 19.8 Å². The number of ether oxygens (including phenoxy) is 1. The van der Waals surface area contributed by atoms with Gasteiger partial charge in [0.2, 0.25) is 0 Å². The number of benzene rings is 1. The fourth-order valence-electron chi connectivity index (χ4n) is 6.18. The normalized spacial score (nSPS) is 19.1. The van der Waals surface area contributed by atoms with E-state index in [1.807, 2.05) is 44.5 Å². The molecule has 1 fully saturated rings. The number of hydrogen-bond donors (Lipinski definition) is 1. The largest absolute Gasteiger partial charge is 0.479 e. The number of rotatable bonds is 3. The third-order valence-corrected chi connectivity index (χ3v) is 9.57. The summed E-state index contributed by atoms with van der Waals surface area (Å²) in [5.74, 6) is -0.304. The number of aliphatic carboxylic acids is 1. The van der Waals surface area contributed by atoms with E-state index in [0.29, 0.717) is 16.9 Å². The molecular formula is C35H41N5O3S. The third-order valence-electron chi connectivity index (χ3n) is 8.55. The van der Waals surface area contributed by atoms with Gasteiger partial charge < -0.3 is 14.7 Å². The Morgan fingerprint density at radius 3 is 2.61 bits per heavy atom. The zero-order valence-corrected chi connectivity index (χ0v) is 27.0. The molecule has 3 aliphatic rings. The Morgan fingerprint density at radius 2 is 1.89 bits per heavy atom. The number of allylic oxidation sites excluding steroid dienone is 4. The summed E-state index contributed by atoms with van der Waals surface area (Å²) in [5, 5.41) is 16.3. The minimum atomic E-state index is -1.19. The number of fused-ring (bicyclic) bond motifs is 5. The Morgan fingerprint density at radius 1 is 1.14 bits per heavy atom. The molecule has 7 rings (SSSR count). The zero-order chi connectivity index (χ0) is 31.1. The van der Waals surface area contributed by atoms with Gasteiger partial charge in [0.05, 0.1) is 11.2 Å². The van der Waals surface area contributed by atoms with Crippen molar-refractivity contribution in [1.82, 2.24) is 19.6 Å². The molecular weight excluding hydrogens is 570 g/mol. The molecule has 0 saturated carbocycles. The van der Waals surface area contributed by atoms with Crippen LogP contribution in [0.5, 0.6) is 0 Å². The van der Waals surface area contributed by atoms with Crippen LogP contribution in [0.1, 0.15) is 80.3 Å². The van der Waals surface area contributed by atoms with Crippen molar-refractivity contribution in [2.75, 3.05) is 18.0 Å². The van der Waals surface area contributed by atoms with Gasteiger partial charge >= 0.3 is 5.97 Å². The fourth-order valence-corrected chi connectivity index (χ4v) is 7.07. The van der Waals surface area contributed by atoms with E-state index in [-0.39, 0.29) is 5.41 Å². The van der Waals surface area contributed by atoms with E-state index in [9.17, 15) is 9.90 Å². The van der Waals surface area contributed by atoms with Crippen LogP contribution in [0.2, 0.25) is 0 Å². The Bertz CT molecular complexity index is 1740. The van der Waals surface area contributed by atoms with Gasteiger partial charge in [-0.25, -0.2) is 14.8 Å². The van der Waals surface area contributed by atoms with Crippen LogP contribution in [0.25, 0.3) is 16.3 Å². The summed E-state index contributed by atoms with van der Waals surface area (Å²) < 4.78 is 8.00. The molecule has 9 heteroatoms. The number of nitrogens with zero attached hydrogens (tertiary/aromatic N) is 5. The van der Waals surface area contributed by atoms with Crippen molar-refractivity contribution >= 4 is 28.8 Å². The van der Waals surface area contributed by atoms with Crippen LogP contribution in [0, 0.1) is 12.3 Å². The second-order valence-corrected chi connectivity index (χ2v) is 14.3. The molecule has 230 valence electrons. The van der Waals surface area contributed by atoms with E-state index in [2.05, 4.69) is 60.4 Å². The second kappa shape index (κ2) is 11.9. The summed E-state index contributed by atoms with van der Waals surface area (Å²) in [6.07, 6.45) is 14.4. The van der Waals surface area contributed by atoms with E-state index in [1.165, 1.54) is 16.0 Å². The molecule has 6 heterocycles. The fraction of sp³-hybridized carbons (Fsp3) is 0.429. The van der Waals surface area contributed by atoms with Gasteiger partial charge in [-0.2, -0.15) is 9.61 Å². The van der Waals surface area contributed by atoms with Crippen LogP contribution < -0.4 is 4.90 Å². The van der Waals surface area contributed by atoms with Crippen molar-refractivity contribution in [2.45, 2.75) is 78.4 Å². The Balaban J connectivity index is 1.51. The van der Waals surface area contributed by atoms with E-state index in [0.717, 1.165) is 61.7 Å². The summed E-state index contributed by atoms with van der Waals surface area (Å²) >= 11 is 1.64. The summed E-state index contributed by atoms with van der Waals surface area (Å²) in [5.41, 5.74) is 4.62. The van der Waals surface area contributed by atoms with Gasteiger partial charge in [-0.3, -0.25) is 0 Å². The molecule has 0 aliphatic carbocycles. The molecule has 3 aliphatic heterocycles. The van der Waals surface area contributed by atoms with E-state index in [1.54, 1.807) is 11.3 Å². The molecule has 4 aromatic rings. The van der Waals surface area contributed by atoms with Crippen molar-refractivity contribution in [1.29, 1.82) is 0 Å². The van der Waals surface area contributed by atoms with Crippen LogP contribution in [0.3, 0.4) is 0 Å². The van der Waals surface area contributed by atoms with Gasteiger partial charge in [-0.15, -0.1) is 11.3 Å². The molecule has 1 saturated heterocycles. The molecule has 0 unspecified atom stereocenters. The van der Waals surface area contributed by atoms with Gasteiger partial charge in [0, 0.05) is 42.3 Å². The average molecular weight is 612 g/mol. The number of hydrogen-bond acceptors (Lipinski definition) is 7. The van der Waals surface area contributed by atoms with E-state index >= 15 is 0 Å². The van der Waals surface area contributed by atoms with Crippen LogP contribution in [-0.2, 0) is 22.4 Å². The Labute approximate surface area is 263 Å². The minimum absolute atomic E-state index is 0.0380. The lowest BCUT2D eigenvalue weighted by Gasteiger charge is -2.40. The number of anilines is 1. The molecule has 0 radical (unpaired) electrons. The zero-order valence-electron chi connectivity index (χ0n) is 26.2. The summed E-state index contributed by atoms with van der Waals surface area (Å²) in [4.78, 5) is 25.8. The lowest BCUT2D eigenvalue weighted by molar-refractivity contribution is -0.160. The highest BCUT2D eigenvalue weighted by molar-refractivity contribution is 7.15. The number of piperidine rings is 1. The molecule has 0 spiro atoms. The van der Waals surface area contributed by atoms with Crippen molar-refractivity contribution < 1.29 is 14.6 Å². The maximum absolute atomic E-state index is 12.7. The number of thiazole rings is 1. The smallest absolute Gasteiger partial charge is 0.337 e.